The highest BCUT2D eigenvalue weighted by molar-refractivity contribution is 9.10. The van der Waals surface area contributed by atoms with Gasteiger partial charge in [-0.15, -0.1) is 0 Å². The lowest BCUT2D eigenvalue weighted by atomic mass is 10.1. The Balaban J connectivity index is 2.68. The van der Waals surface area contributed by atoms with Crippen molar-refractivity contribution in [2.24, 2.45) is 0 Å². The van der Waals surface area contributed by atoms with Crippen molar-refractivity contribution in [2.75, 3.05) is 0 Å². The molecule has 0 aliphatic carbocycles. The number of H-pyrrole nitrogens is 1. The van der Waals surface area contributed by atoms with Crippen molar-refractivity contribution in [3.8, 4) is 11.4 Å². The first kappa shape index (κ1) is 14.4. The van der Waals surface area contributed by atoms with Gasteiger partial charge in [0.15, 0.2) is 0 Å². The number of aromatic nitrogens is 2. The summed E-state index contributed by atoms with van der Waals surface area (Å²) in [5.74, 6) is 0.344. The van der Waals surface area contributed by atoms with Gasteiger partial charge in [0, 0.05) is 17.7 Å². The van der Waals surface area contributed by atoms with Crippen LogP contribution in [0.5, 0.6) is 0 Å². The average Bonchev–Trinajstić information content (AvgIpc) is 2.42. The average molecular weight is 338 g/mol. The van der Waals surface area contributed by atoms with E-state index in [0.717, 1.165) is 5.56 Å². The highest BCUT2D eigenvalue weighted by Gasteiger charge is 2.14. The molecular formula is C13H12BrN3O3. The standard InChI is InChI=1S/C13H12BrN3O3/c1-3-10-11(14)13(18)16-12(15-10)9-6-8(17(19)20)5-4-7(9)2/h4-6H,3H2,1-2H3,(H,15,16,18). The Labute approximate surface area is 123 Å². The van der Waals surface area contributed by atoms with Crippen molar-refractivity contribution in [2.45, 2.75) is 20.3 Å². The maximum atomic E-state index is 11.8. The highest BCUT2D eigenvalue weighted by Crippen LogP contribution is 2.25. The van der Waals surface area contributed by atoms with Crippen molar-refractivity contribution < 1.29 is 4.92 Å². The zero-order chi connectivity index (χ0) is 14.9. The Kier molecular flexibility index (Phi) is 3.99. The second-order valence-electron chi connectivity index (χ2n) is 4.29. The van der Waals surface area contributed by atoms with Gasteiger partial charge in [-0.2, -0.15) is 0 Å². The van der Waals surface area contributed by atoms with Crippen LogP contribution in [-0.2, 0) is 6.42 Å². The lowest BCUT2D eigenvalue weighted by molar-refractivity contribution is -0.384. The smallest absolute Gasteiger partial charge is 0.270 e. The predicted octanol–water partition coefficient (Wildman–Crippen LogP) is 2.98. The molecule has 0 bridgehead atoms. The van der Waals surface area contributed by atoms with Crippen LogP contribution in [0, 0.1) is 17.0 Å². The van der Waals surface area contributed by atoms with Gasteiger partial charge in [0.1, 0.15) is 10.3 Å². The van der Waals surface area contributed by atoms with E-state index < -0.39 is 4.92 Å². The number of nitrogens with one attached hydrogen (secondary N) is 1. The number of nitro groups is 1. The number of nitro benzene ring substituents is 1. The SMILES string of the molecule is CCc1nc(-c2cc([N+](=O)[O-])ccc2C)[nH]c(=O)c1Br. The largest absolute Gasteiger partial charge is 0.306 e. The van der Waals surface area contributed by atoms with Gasteiger partial charge in [0.25, 0.3) is 11.2 Å². The van der Waals surface area contributed by atoms with Crippen molar-refractivity contribution in [1.82, 2.24) is 9.97 Å². The fourth-order valence-electron chi connectivity index (χ4n) is 1.85. The number of halogens is 1. The van der Waals surface area contributed by atoms with E-state index in [1.165, 1.54) is 12.1 Å². The zero-order valence-corrected chi connectivity index (χ0v) is 12.5. The van der Waals surface area contributed by atoms with E-state index in [1.807, 2.05) is 13.8 Å². The van der Waals surface area contributed by atoms with Gasteiger partial charge in [0.05, 0.1) is 10.6 Å². The topological polar surface area (TPSA) is 88.9 Å². The molecule has 7 heteroatoms. The van der Waals surface area contributed by atoms with Gasteiger partial charge < -0.3 is 4.98 Å². The summed E-state index contributed by atoms with van der Waals surface area (Å²) in [5, 5.41) is 10.8. The van der Waals surface area contributed by atoms with Gasteiger partial charge in [0.2, 0.25) is 0 Å². The van der Waals surface area contributed by atoms with E-state index >= 15 is 0 Å². The molecule has 0 fully saturated rings. The lowest BCUT2D eigenvalue weighted by Crippen LogP contribution is -2.13. The molecule has 1 N–H and O–H groups in total. The molecule has 1 aromatic heterocycles. The number of aromatic amines is 1. The lowest BCUT2D eigenvalue weighted by Gasteiger charge is -2.07. The predicted molar refractivity (Wildman–Crippen MR) is 78.8 cm³/mol. The summed E-state index contributed by atoms with van der Waals surface area (Å²) in [4.78, 5) is 29.2. The number of rotatable bonds is 3. The number of nitrogens with zero attached hydrogens (tertiary/aromatic N) is 2. The molecule has 0 atom stereocenters. The third kappa shape index (κ3) is 2.62. The summed E-state index contributed by atoms with van der Waals surface area (Å²) < 4.78 is 0.395. The van der Waals surface area contributed by atoms with Crippen LogP contribution in [0.25, 0.3) is 11.4 Å². The van der Waals surface area contributed by atoms with E-state index in [9.17, 15) is 14.9 Å². The number of aryl methyl sites for hydroxylation is 2. The second-order valence-corrected chi connectivity index (χ2v) is 5.08. The molecule has 2 rings (SSSR count). The van der Waals surface area contributed by atoms with Crippen molar-refractivity contribution >= 4 is 21.6 Å². The number of hydrogen-bond donors (Lipinski definition) is 1. The van der Waals surface area contributed by atoms with Crippen LogP contribution in [0.2, 0.25) is 0 Å². The molecule has 0 spiro atoms. The molecule has 1 heterocycles. The zero-order valence-electron chi connectivity index (χ0n) is 10.9. The molecule has 0 radical (unpaired) electrons. The minimum absolute atomic E-state index is 0.0331. The Morgan fingerprint density at radius 1 is 1.45 bits per heavy atom. The molecular weight excluding hydrogens is 326 g/mol. The first-order chi connectivity index (χ1) is 9.43. The molecule has 0 aliphatic rings. The van der Waals surface area contributed by atoms with E-state index in [2.05, 4.69) is 25.9 Å². The van der Waals surface area contributed by atoms with Gasteiger partial charge in [-0.3, -0.25) is 14.9 Å². The minimum atomic E-state index is -0.472. The van der Waals surface area contributed by atoms with Gasteiger partial charge in [-0.05, 0) is 34.8 Å². The minimum Gasteiger partial charge on any atom is -0.306 e. The van der Waals surface area contributed by atoms with E-state index in [0.29, 0.717) is 28.0 Å². The number of non-ortho nitro benzene ring substituents is 1. The van der Waals surface area contributed by atoms with E-state index in [4.69, 9.17) is 0 Å². The van der Waals surface area contributed by atoms with Crippen LogP contribution < -0.4 is 5.56 Å². The van der Waals surface area contributed by atoms with Crippen molar-refractivity contribution in [1.29, 1.82) is 0 Å². The Morgan fingerprint density at radius 2 is 2.15 bits per heavy atom. The Hall–Kier alpha value is -2.02. The molecule has 6 nitrogen and oxygen atoms in total. The molecule has 0 amide bonds. The molecule has 104 valence electrons. The van der Waals surface area contributed by atoms with Crippen molar-refractivity contribution in [3.63, 3.8) is 0 Å². The molecule has 2 aromatic rings. The van der Waals surface area contributed by atoms with Crippen molar-refractivity contribution in [3.05, 3.63) is 54.4 Å². The second kappa shape index (κ2) is 5.54. The summed E-state index contributed by atoms with van der Waals surface area (Å²) in [6.07, 6.45) is 0.589. The van der Waals surface area contributed by atoms with Crippen LogP contribution in [-0.4, -0.2) is 14.9 Å². The third-order valence-corrected chi connectivity index (χ3v) is 3.77. The maximum absolute atomic E-state index is 11.8. The normalized spacial score (nSPS) is 10.6. The summed E-state index contributed by atoms with van der Waals surface area (Å²) in [7, 11) is 0. The van der Waals surface area contributed by atoms with Crippen LogP contribution in [0.4, 0.5) is 5.69 Å². The van der Waals surface area contributed by atoms with Crippen LogP contribution in [0.3, 0.4) is 0 Å². The highest BCUT2D eigenvalue weighted by atomic mass is 79.9. The maximum Gasteiger partial charge on any atom is 0.270 e. The monoisotopic (exact) mass is 337 g/mol. The quantitative estimate of drug-likeness (QED) is 0.688. The van der Waals surface area contributed by atoms with E-state index in [-0.39, 0.29) is 11.2 Å². The molecule has 1 aromatic carbocycles. The van der Waals surface area contributed by atoms with Crippen LogP contribution in [0.1, 0.15) is 18.2 Å². The number of hydrogen-bond acceptors (Lipinski definition) is 4. The third-order valence-electron chi connectivity index (χ3n) is 2.95. The van der Waals surface area contributed by atoms with Crippen LogP contribution >= 0.6 is 15.9 Å². The van der Waals surface area contributed by atoms with Gasteiger partial charge in [-0.1, -0.05) is 13.0 Å². The summed E-state index contributed by atoms with van der Waals surface area (Å²) in [6, 6.07) is 4.48. The Bertz CT molecular complexity index is 740. The van der Waals surface area contributed by atoms with Gasteiger partial charge >= 0.3 is 0 Å². The molecule has 0 saturated heterocycles. The first-order valence-corrected chi connectivity index (χ1v) is 6.77. The molecule has 0 saturated carbocycles. The summed E-state index contributed by atoms with van der Waals surface area (Å²) in [6.45, 7) is 3.70. The molecule has 0 unspecified atom stereocenters. The summed E-state index contributed by atoms with van der Waals surface area (Å²) in [5.41, 5.74) is 1.66. The fraction of sp³-hybridized carbons (Fsp3) is 0.231. The van der Waals surface area contributed by atoms with E-state index in [1.54, 1.807) is 6.07 Å². The summed E-state index contributed by atoms with van der Waals surface area (Å²) >= 11 is 3.19. The number of benzene rings is 1. The first-order valence-electron chi connectivity index (χ1n) is 5.98. The van der Waals surface area contributed by atoms with Gasteiger partial charge in [-0.25, -0.2) is 4.98 Å². The molecule has 0 aliphatic heterocycles. The van der Waals surface area contributed by atoms with Crippen LogP contribution in [0.15, 0.2) is 27.5 Å². The fourth-order valence-corrected chi connectivity index (χ4v) is 2.31. The molecule has 20 heavy (non-hydrogen) atoms. The Morgan fingerprint density at radius 3 is 2.75 bits per heavy atom.